The number of carbonyl (C=O) groups excluding carboxylic acids is 1. The maximum absolute atomic E-state index is 13.1. The highest BCUT2D eigenvalue weighted by molar-refractivity contribution is 6.18. The molecule has 6 aromatic rings. The molecule has 0 bridgehead atoms. The number of rotatable bonds is 2. The Balaban J connectivity index is 1.74. The lowest BCUT2D eigenvalue weighted by atomic mass is 9.96. The highest BCUT2D eigenvalue weighted by Gasteiger charge is 2.32. The quantitative estimate of drug-likeness (QED) is 0.245. The third-order valence-electron chi connectivity index (χ3n) is 7.22. The second-order valence-corrected chi connectivity index (χ2v) is 9.35. The Hall–Kier alpha value is -4.89. The maximum atomic E-state index is 13.1. The summed E-state index contributed by atoms with van der Waals surface area (Å²) in [4.78, 5) is 15.0. The molecule has 0 saturated heterocycles. The fourth-order valence-electron chi connectivity index (χ4n) is 5.77. The SMILES string of the molecule is CC(=O)N1c2ccccc2-c2c(n(-c3ccccc3)c3c(-c4ccccc4)cccc23)-c2ccccc21. The molecule has 0 spiro atoms. The smallest absolute Gasteiger partial charge is 0.228 e. The first-order valence-corrected chi connectivity index (χ1v) is 12.5. The van der Waals surface area contributed by atoms with Gasteiger partial charge < -0.3 is 4.57 Å². The number of amides is 1. The van der Waals surface area contributed by atoms with E-state index < -0.39 is 0 Å². The molecule has 2 heterocycles. The van der Waals surface area contributed by atoms with E-state index in [0.717, 1.165) is 50.3 Å². The Morgan fingerprint density at radius 3 is 1.84 bits per heavy atom. The van der Waals surface area contributed by atoms with Crippen LogP contribution >= 0.6 is 0 Å². The van der Waals surface area contributed by atoms with E-state index in [1.54, 1.807) is 6.92 Å². The van der Waals surface area contributed by atoms with Gasteiger partial charge in [0, 0.05) is 40.3 Å². The highest BCUT2D eigenvalue weighted by atomic mass is 16.2. The van der Waals surface area contributed by atoms with Crippen LogP contribution in [0.4, 0.5) is 11.4 Å². The molecule has 0 saturated carbocycles. The van der Waals surface area contributed by atoms with Gasteiger partial charge in [0.25, 0.3) is 0 Å². The number of hydrogen-bond donors (Lipinski definition) is 0. The zero-order chi connectivity index (χ0) is 24.9. The standard InChI is InChI=1S/C34H24N2O/c1-23(37)35-30-21-10-8-17-27(30)32-29-20-12-19-26(24-13-4-2-5-14-24)33(29)36(25-15-6-3-7-16-25)34(32)28-18-9-11-22-31(28)35/h2-22H,1H3. The Kier molecular flexibility index (Phi) is 4.83. The zero-order valence-electron chi connectivity index (χ0n) is 20.4. The molecule has 0 fully saturated rings. The predicted molar refractivity (Wildman–Crippen MR) is 152 cm³/mol. The van der Waals surface area contributed by atoms with E-state index in [2.05, 4.69) is 108 Å². The van der Waals surface area contributed by atoms with Crippen molar-refractivity contribution in [1.29, 1.82) is 0 Å². The molecule has 0 N–H and O–H groups in total. The van der Waals surface area contributed by atoms with Gasteiger partial charge in [0.1, 0.15) is 0 Å². The van der Waals surface area contributed by atoms with Crippen LogP contribution < -0.4 is 4.90 Å². The van der Waals surface area contributed by atoms with Gasteiger partial charge in [0.05, 0.1) is 22.6 Å². The van der Waals surface area contributed by atoms with Crippen LogP contribution in [0.1, 0.15) is 6.92 Å². The highest BCUT2D eigenvalue weighted by Crippen LogP contribution is 2.53. The first kappa shape index (κ1) is 21.4. The first-order chi connectivity index (χ1) is 18.2. The second-order valence-electron chi connectivity index (χ2n) is 9.35. The van der Waals surface area contributed by atoms with E-state index in [1.807, 2.05) is 29.2 Å². The van der Waals surface area contributed by atoms with Crippen molar-refractivity contribution in [3.8, 4) is 39.2 Å². The van der Waals surface area contributed by atoms with Gasteiger partial charge in [0.2, 0.25) is 5.91 Å². The van der Waals surface area contributed by atoms with Crippen LogP contribution in [0, 0.1) is 0 Å². The summed E-state index contributed by atoms with van der Waals surface area (Å²) in [6.45, 7) is 1.64. The molecule has 3 heteroatoms. The number of aromatic nitrogens is 1. The zero-order valence-corrected chi connectivity index (χ0v) is 20.4. The van der Waals surface area contributed by atoms with Gasteiger partial charge in [0.15, 0.2) is 0 Å². The van der Waals surface area contributed by atoms with E-state index >= 15 is 0 Å². The van der Waals surface area contributed by atoms with E-state index in [0.29, 0.717) is 0 Å². The largest absolute Gasteiger partial charge is 0.308 e. The van der Waals surface area contributed by atoms with Gasteiger partial charge in [-0.05, 0) is 29.8 Å². The Bertz CT molecular complexity index is 1800. The van der Waals surface area contributed by atoms with Crippen molar-refractivity contribution in [1.82, 2.24) is 4.57 Å². The van der Waals surface area contributed by atoms with Crippen molar-refractivity contribution >= 4 is 28.2 Å². The summed E-state index contributed by atoms with van der Waals surface area (Å²) >= 11 is 0. The lowest BCUT2D eigenvalue weighted by Gasteiger charge is -2.24. The van der Waals surface area contributed by atoms with Crippen molar-refractivity contribution < 1.29 is 4.79 Å². The van der Waals surface area contributed by atoms with Gasteiger partial charge in [-0.3, -0.25) is 9.69 Å². The lowest BCUT2D eigenvalue weighted by Crippen LogP contribution is -2.23. The minimum absolute atomic E-state index is 0.00871. The molecule has 1 aromatic heterocycles. The lowest BCUT2D eigenvalue weighted by molar-refractivity contribution is -0.115. The first-order valence-electron chi connectivity index (χ1n) is 12.5. The summed E-state index contributed by atoms with van der Waals surface area (Å²) in [5.74, 6) is -0.00871. The molecule has 0 aliphatic carbocycles. The summed E-state index contributed by atoms with van der Waals surface area (Å²) in [5, 5.41) is 1.16. The van der Waals surface area contributed by atoms with Crippen LogP contribution in [-0.2, 0) is 4.79 Å². The molecule has 0 radical (unpaired) electrons. The number of carbonyl (C=O) groups is 1. The Morgan fingerprint density at radius 2 is 1.14 bits per heavy atom. The molecule has 5 aromatic carbocycles. The van der Waals surface area contributed by atoms with Crippen molar-refractivity contribution in [2.45, 2.75) is 6.92 Å². The van der Waals surface area contributed by atoms with E-state index in [1.165, 1.54) is 11.1 Å². The summed E-state index contributed by atoms with van der Waals surface area (Å²) in [5.41, 5.74) is 10.7. The van der Waals surface area contributed by atoms with Gasteiger partial charge in [-0.2, -0.15) is 0 Å². The van der Waals surface area contributed by atoms with Gasteiger partial charge >= 0.3 is 0 Å². The minimum atomic E-state index is -0.00871. The summed E-state index contributed by atoms with van der Waals surface area (Å²) in [6, 6.07) is 44.2. The number of anilines is 2. The van der Waals surface area contributed by atoms with Crippen LogP contribution in [0.3, 0.4) is 0 Å². The number of fused-ring (bicyclic) bond motifs is 7. The van der Waals surface area contributed by atoms with Crippen LogP contribution in [0.15, 0.2) is 127 Å². The van der Waals surface area contributed by atoms with E-state index in [9.17, 15) is 4.79 Å². The topological polar surface area (TPSA) is 25.2 Å². The molecule has 1 amide bonds. The van der Waals surface area contributed by atoms with E-state index in [-0.39, 0.29) is 5.91 Å². The summed E-state index contributed by atoms with van der Waals surface area (Å²) in [6.07, 6.45) is 0. The second kappa shape index (κ2) is 8.35. The number of benzene rings is 5. The minimum Gasteiger partial charge on any atom is -0.308 e. The monoisotopic (exact) mass is 476 g/mol. The van der Waals surface area contributed by atoms with Crippen LogP contribution in [0.5, 0.6) is 0 Å². The molecule has 37 heavy (non-hydrogen) atoms. The van der Waals surface area contributed by atoms with E-state index in [4.69, 9.17) is 0 Å². The molecule has 3 nitrogen and oxygen atoms in total. The Labute approximate surface area is 215 Å². The molecular formula is C34H24N2O. The van der Waals surface area contributed by atoms with Crippen molar-refractivity contribution in [3.63, 3.8) is 0 Å². The number of hydrogen-bond acceptors (Lipinski definition) is 1. The van der Waals surface area contributed by atoms with Gasteiger partial charge in [-0.1, -0.05) is 103 Å². The molecule has 7 rings (SSSR count). The molecule has 0 unspecified atom stereocenters. The predicted octanol–water partition coefficient (Wildman–Crippen LogP) is 8.63. The van der Waals surface area contributed by atoms with Crippen molar-refractivity contribution in [2.24, 2.45) is 0 Å². The molecule has 1 aliphatic heterocycles. The molecule has 0 atom stereocenters. The molecule has 176 valence electrons. The van der Waals surface area contributed by atoms with Crippen LogP contribution in [0.25, 0.3) is 50.1 Å². The average molecular weight is 477 g/mol. The van der Waals surface area contributed by atoms with Gasteiger partial charge in [-0.25, -0.2) is 0 Å². The normalized spacial score (nSPS) is 12.0. The summed E-state index contributed by atoms with van der Waals surface area (Å²) in [7, 11) is 0. The number of para-hydroxylation sites is 4. The van der Waals surface area contributed by atoms with Crippen molar-refractivity contribution in [2.75, 3.05) is 4.90 Å². The third-order valence-corrected chi connectivity index (χ3v) is 7.22. The number of nitrogens with zero attached hydrogens (tertiary/aromatic N) is 2. The third kappa shape index (κ3) is 3.18. The fraction of sp³-hybridized carbons (Fsp3) is 0.0294. The van der Waals surface area contributed by atoms with Crippen LogP contribution in [-0.4, -0.2) is 10.5 Å². The molecular weight excluding hydrogens is 452 g/mol. The van der Waals surface area contributed by atoms with Crippen LogP contribution in [0.2, 0.25) is 0 Å². The maximum Gasteiger partial charge on any atom is 0.228 e. The molecule has 1 aliphatic rings. The average Bonchev–Trinajstić information content (AvgIpc) is 3.23. The van der Waals surface area contributed by atoms with Crippen molar-refractivity contribution in [3.05, 3.63) is 127 Å². The summed E-state index contributed by atoms with van der Waals surface area (Å²) < 4.78 is 2.38. The Morgan fingerprint density at radius 1 is 0.568 bits per heavy atom. The van der Waals surface area contributed by atoms with Gasteiger partial charge in [-0.15, -0.1) is 0 Å². The fourth-order valence-corrected chi connectivity index (χ4v) is 5.77.